The third kappa shape index (κ3) is 4.67. The Morgan fingerprint density at radius 3 is 2.33 bits per heavy atom. The van der Waals surface area contributed by atoms with Crippen molar-refractivity contribution in [3.05, 3.63) is 29.8 Å². The van der Waals surface area contributed by atoms with Gasteiger partial charge in [-0.25, -0.2) is 10.9 Å². The summed E-state index contributed by atoms with van der Waals surface area (Å²) < 4.78 is 5.71. The van der Waals surface area contributed by atoms with E-state index in [0.717, 1.165) is 11.3 Å². The highest BCUT2D eigenvalue weighted by atomic mass is 16.5. The zero-order chi connectivity index (χ0) is 17.7. The van der Waals surface area contributed by atoms with Crippen LogP contribution in [-0.4, -0.2) is 37.2 Å². The molecule has 24 heavy (non-hydrogen) atoms. The van der Waals surface area contributed by atoms with Crippen LogP contribution in [-0.2, 0) is 10.2 Å². The number of likely N-dealkylation sites (N-methyl/N-ethyl adjacent to an activating group) is 1. The zero-order valence-electron chi connectivity index (χ0n) is 15.1. The second-order valence-corrected chi connectivity index (χ2v) is 7.13. The Hall–Kier alpha value is -1.67. The normalized spacial score (nSPS) is 15.8. The highest BCUT2D eigenvalue weighted by molar-refractivity contribution is 5.87. The Kier molecular flexibility index (Phi) is 6.17. The average Bonchev–Trinajstić information content (AvgIpc) is 3.05. The molecule has 0 aromatic heterocycles. The van der Waals surface area contributed by atoms with E-state index < -0.39 is 5.41 Å². The van der Waals surface area contributed by atoms with Gasteiger partial charge >= 0.3 is 0 Å². The van der Waals surface area contributed by atoms with Crippen molar-refractivity contribution in [3.63, 3.8) is 0 Å². The van der Waals surface area contributed by atoms with E-state index in [2.05, 4.69) is 35.8 Å². The van der Waals surface area contributed by atoms with Gasteiger partial charge in [-0.15, -0.1) is 0 Å². The highest BCUT2D eigenvalue weighted by Gasteiger charge is 2.33. The molecule has 1 saturated heterocycles. The number of carbonyl (C=O) groups is 1. The van der Waals surface area contributed by atoms with Gasteiger partial charge in [-0.1, -0.05) is 26.0 Å². The molecule has 0 unspecified atom stereocenters. The highest BCUT2D eigenvalue weighted by Crippen LogP contribution is 2.27. The number of ether oxygens (including phenoxy) is 1. The monoisotopic (exact) mass is 335 g/mol. The Bertz CT molecular complexity index is 538. The number of nitrogens with zero attached hydrogens (tertiary/aromatic N) is 1. The number of benzene rings is 1. The first-order chi connectivity index (χ1) is 11.3. The molecule has 1 heterocycles. The van der Waals surface area contributed by atoms with Crippen molar-refractivity contribution in [2.45, 2.75) is 39.3 Å². The van der Waals surface area contributed by atoms with Crippen molar-refractivity contribution in [1.29, 1.82) is 0 Å². The lowest BCUT2D eigenvalue weighted by Gasteiger charge is -2.31. The Labute approximate surface area is 144 Å². The molecule has 4 N–H and O–H groups in total. The summed E-state index contributed by atoms with van der Waals surface area (Å²) in [5.41, 5.74) is 11.8. The fraction of sp³-hybridized carbons (Fsp3) is 0.588. The van der Waals surface area contributed by atoms with Gasteiger partial charge in [0.25, 0.3) is 0 Å². The minimum atomic E-state index is -0.606. The number of carbonyl (C=O) groups excluding carboxylic acids is 1. The Morgan fingerprint density at radius 2 is 1.79 bits per heavy atom. The van der Waals surface area contributed by atoms with Gasteiger partial charge < -0.3 is 9.64 Å². The summed E-state index contributed by atoms with van der Waals surface area (Å²) in [6.07, 6.45) is -0.0402. The average molecular weight is 335 g/mol. The second-order valence-electron chi connectivity index (χ2n) is 7.13. The van der Waals surface area contributed by atoms with Crippen LogP contribution in [0.15, 0.2) is 24.3 Å². The molecule has 1 aromatic rings. The summed E-state index contributed by atoms with van der Waals surface area (Å²) in [5.74, 6) is 1.38. The van der Waals surface area contributed by atoms with Gasteiger partial charge in [0, 0.05) is 7.05 Å². The van der Waals surface area contributed by atoms with E-state index in [1.165, 1.54) is 0 Å². The van der Waals surface area contributed by atoms with Crippen molar-refractivity contribution in [2.24, 2.45) is 5.92 Å². The Balaban J connectivity index is 2.00. The first-order valence-electron chi connectivity index (χ1n) is 8.30. The van der Waals surface area contributed by atoms with Gasteiger partial charge in [0.1, 0.15) is 11.9 Å². The Morgan fingerprint density at radius 1 is 1.21 bits per heavy atom. The van der Waals surface area contributed by atoms with Crippen molar-refractivity contribution < 1.29 is 9.53 Å². The molecule has 7 nitrogen and oxygen atoms in total. The summed E-state index contributed by atoms with van der Waals surface area (Å²) in [5, 5.41) is 0. The van der Waals surface area contributed by atoms with E-state index in [1.54, 1.807) is 4.90 Å². The van der Waals surface area contributed by atoms with Crippen LogP contribution >= 0.6 is 0 Å². The van der Waals surface area contributed by atoms with Gasteiger partial charge in [0.05, 0.1) is 18.6 Å². The second kappa shape index (κ2) is 7.94. The lowest BCUT2D eigenvalue weighted by molar-refractivity contribution is -0.135. The standard InChI is InChI=1S/C17H29N5O2/c1-12(2)11-24-14-8-6-13(7-9-14)17(3,4)16(23)22(5)10-15-18-20-21-19-15/h6-9,12,15,18-21H,10-11H2,1-5H3. The zero-order valence-corrected chi connectivity index (χ0v) is 15.1. The van der Waals surface area contributed by atoms with Crippen LogP contribution in [0.25, 0.3) is 0 Å². The van der Waals surface area contributed by atoms with Gasteiger partial charge in [-0.05, 0) is 37.5 Å². The molecule has 1 fully saturated rings. The third-order valence-corrected chi connectivity index (χ3v) is 4.05. The first-order valence-corrected chi connectivity index (χ1v) is 8.30. The number of rotatable bonds is 7. The van der Waals surface area contributed by atoms with E-state index in [-0.39, 0.29) is 12.1 Å². The summed E-state index contributed by atoms with van der Waals surface area (Å²) in [6.45, 7) is 9.35. The summed E-state index contributed by atoms with van der Waals surface area (Å²) in [7, 11) is 1.81. The van der Waals surface area contributed by atoms with E-state index in [1.807, 2.05) is 45.2 Å². The van der Waals surface area contributed by atoms with Crippen LogP contribution in [0.5, 0.6) is 5.75 Å². The minimum absolute atomic E-state index is 0.0402. The van der Waals surface area contributed by atoms with Crippen molar-refractivity contribution in [1.82, 2.24) is 26.8 Å². The van der Waals surface area contributed by atoms with Crippen LogP contribution in [0.4, 0.5) is 0 Å². The fourth-order valence-corrected chi connectivity index (χ4v) is 2.56. The molecule has 1 aliphatic heterocycles. The van der Waals surface area contributed by atoms with E-state index in [0.29, 0.717) is 19.1 Å². The predicted molar refractivity (Wildman–Crippen MR) is 93.8 cm³/mol. The predicted octanol–water partition coefficient (Wildman–Crippen LogP) is 0.901. The maximum Gasteiger partial charge on any atom is 0.232 e. The first kappa shape index (κ1) is 18.7. The minimum Gasteiger partial charge on any atom is -0.493 e. The molecule has 7 heteroatoms. The van der Waals surface area contributed by atoms with Crippen LogP contribution in [0, 0.1) is 5.92 Å². The van der Waals surface area contributed by atoms with E-state index in [9.17, 15) is 4.79 Å². The van der Waals surface area contributed by atoms with Crippen LogP contribution in [0.2, 0.25) is 0 Å². The topological polar surface area (TPSA) is 77.7 Å². The van der Waals surface area contributed by atoms with E-state index >= 15 is 0 Å². The lowest BCUT2D eigenvalue weighted by Crippen LogP contribution is -2.49. The molecule has 0 aliphatic carbocycles. The number of hydrazine groups is 3. The van der Waals surface area contributed by atoms with E-state index in [4.69, 9.17) is 4.74 Å². The number of hydrogen-bond donors (Lipinski definition) is 4. The number of amides is 1. The summed E-state index contributed by atoms with van der Waals surface area (Å²) in [6, 6.07) is 7.80. The lowest BCUT2D eigenvalue weighted by atomic mass is 9.83. The molecule has 0 saturated carbocycles. The van der Waals surface area contributed by atoms with Gasteiger partial charge in [-0.3, -0.25) is 4.79 Å². The number of hydrogen-bond acceptors (Lipinski definition) is 6. The van der Waals surface area contributed by atoms with Gasteiger partial charge in [-0.2, -0.15) is 11.1 Å². The van der Waals surface area contributed by atoms with Gasteiger partial charge in [0.15, 0.2) is 0 Å². The molecular weight excluding hydrogens is 306 g/mol. The SMILES string of the molecule is CC(C)COc1ccc(C(C)(C)C(=O)N(C)CC2NNNN2)cc1. The summed E-state index contributed by atoms with van der Waals surface area (Å²) in [4.78, 5) is 14.6. The molecule has 0 radical (unpaired) electrons. The molecule has 2 rings (SSSR count). The fourth-order valence-electron chi connectivity index (χ4n) is 2.56. The van der Waals surface area contributed by atoms with Crippen molar-refractivity contribution >= 4 is 5.91 Å². The quantitative estimate of drug-likeness (QED) is 0.593. The molecule has 1 aromatic carbocycles. The third-order valence-electron chi connectivity index (χ3n) is 4.05. The maximum absolute atomic E-state index is 12.9. The van der Waals surface area contributed by atoms with Gasteiger partial charge in [0.2, 0.25) is 5.91 Å². The smallest absolute Gasteiger partial charge is 0.232 e. The molecule has 1 aliphatic rings. The number of nitrogens with one attached hydrogen (secondary N) is 4. The molecule has 0 spiro atoms. The molecule has 1 amide bonds. The van der Waals surface area contributed by atoms with Crippen molar-refractivity contribution in [2.75, 3.05) is 20.2 Å². The molecule has 0 atom stereocenters. The van der Waals surface area contributed by atoms with Crippen LogP contribution in [0.1, 0.15) is 33.3 Å². The van der Waals surface area contributed by atoms with Crippen molar-refractivity contribution in [3.8, 4) is 5.75 Å². The molecular formula is C17H29N5O2. The van der Waals surface area contributed by atoms with Crippen LogP contribution < -0.4 is 26.7 Å². The van der Waals surface area contributed by atoms with Crippen LogP contribution in [0.3, 0.4) is 0 Å². The molecule has 134 valence electrons. The maximum atomic E-state index is 12.9. The molecule has 0 bridgehead atoms. The summed E-state index contributed by atoms with van der Waals surface area (Å²) >= 11 is 0. The largest absolute Gasteiger partial charge is 0.493 e.